The minimum Gasteiger partial charge on any atom is -0.325 e. The molecule has 0 aliphatic heterocycles. The topological polar surface area (TPSA) is 104 Å². The van der Waals surface area contributed by atoms with E-state index in [9.17, 15) is 21.6 Å². The molecule has 0 spiro atoms. The van der Waals surface area contributed by atoms with Crippen LogP contribution >= 0.6 is 0 Å². The number of hydrogen-bond acceptors (Lipinski definition) is 5. The second-order valence-corrected chi connectivity index (χ2v) is 11.1. The Morgan fingerprint density at radius 3 is 1.97 bits per heavy atom. The molecule has 0 fully saturated rings. The van der Waals surface area contributed by atoms with E-state index in [1.165, 1.54) is 45.4 Å². The summed E-state index contributed by atoms with van der Waals surface area (Å²) in [6.07, 6.45) is 0. The van der Waals surface area contributed by atoms with E-state index in [1.807, 2.05) is 6.92 Å². The first kappa shape index (κ1) is 23.0. The van der Waals surface area contributed by atoms with Crippen LogP contribution in [0.15, 0.2) is 52.3 Å². The standard InChI is InChI=1S/C19H25N3O5S2/c1-14-6-9-16(10-7-14)29(26,27)22(5)13-19(23)20-18-12-17(11-8-15(18)2)28(24,25)21(3)4/h6-12H,13H2,1-5H3,(H,20,23). The van der Waals surface area contributed by atoms with Crippen molar-refractivity contribution in [3.05, 3.63) is 53.6 Å². The lowest BCUT2D eigenvalue weighted by Crippen LogP contribution is -2.35. The SMILES string of the molecule is Cc1ccc(S(=O)(=O)N(C)CC(=O)Nc2cc(S(=O)(=O)N(C)C)ccc2C)cc1. The fourth-order valence-corrected chi connectivity index (χ4v) is 4.53. The number of nitrogens with zero attached hydrogens (tertiary/aromatic N) is 2. The van der Waals surface area contributed by atoms with Gasteiger partial charge < -0.3 is 5.32 Å². The normalized spacial score (nSPS) is 12.4. The summed E-state index contributed by atoms with van der Waals surface area (Å²) in [5, 5.41) is 2.60. The number of likely N-dealkylation sites (N-methyl/N-ethyl adjacent to an activating group) is 1. The second kappa shape index (κ2) is 8.62. The van der Waals surface area contributed by atoms with Crippen molar-refractivity contribution >= 4 is 31.6 Å². The van der Waals surface area contributed by atoms with E-state index in [2.05, 4.69) is 5.32 Å². The predicted octanol–water partition coefficient (Wildman–Crippen LogP) is 1.81. The van der Waals surface area contributed by atoms with E-state index >= 15 is 0 Å². The summed E-state index contributed by atoms with van der Waals surface area (Å²) in [5.74, 6) is -0.578. The monoisotopic (exact) mass is 439 g/mol. The summed E-state index contributed by atoms with van der Waals surface area (Å²) in [6, 6.07) is 10.7. The van der Waals surface area contributed by atoms with E-state index in [0.717, 1.165) is 14.2 Å². The number of rotatable bonds is 7. The molecule has 0 aromatic heterocycles. The van der Waals surface area contributed by atoms with Gasteiger partial charge in [-0.15, -0.1) is 0 Å². The Balaban J connectivity index is 2.19. The molecular formula is C19H25N3O5S2. The van der Waals surface area contributed by atoms with Gasteiger partial charge in [0.05, 0.1) is 16.3 Å². The zero-order valence-electron chi connectivity index (χ0n) is 17.0. The number of carbonyl (C=O) groups is 1. The Kier molecular flexibility index (Phi) is 6.84. The van der Waals surface area contributed by atoms with Gasteiger partial charge in [-0.05, 0) is 43.7 Å². The van der Waals surface area contributed by atoms with Gasteiger partial charge in [-0.3, -0.25) is 4.79 Å². The van der Waals surface area contributed by atoms with Crippen LogP contribution in [0.2, 0.25) is 0 Å². The molecule has 10 heteroatoms. The van der Waals surface area contributed by atoms with Crippen molar-refractivity contribution < 1.29 is 21.6 Å². The molecule has 1 amide bonds. The summed E-state index contributed by atoms with van der Waals surface area (Å²) in [6.45, 7) is 3.15. The van der Waals surface area contributed by atoms with Gasteiger partial charge >= 0.3 is 0 Å². The molecule has 0 unspecified atom stereocenters. The number of benzene rings is 2. The molecule has 0 aliphatic carbocycles. The van der Waals surface area contributed by atoms with Gasteiger partial charge in [0.15, 0.2) is 0 Å². The van der Waals surface area contributed by atoms with Gasteiger partial charge in [0.25, 0.3) is 0 Å². The largest absolute Gasteiger partial charge is 0.325 e. The molecule has 2 aromatic rings. The molecule has 1 N–H and O–H groups in total. The molecule has 0 heterocycles. The van der Waals surface area contributed by atoms with Crippen molar-refractivity contribution in [2.45, 2.75) is 23.6 Å². The summed E-state index contributed by atoms with van der Waals surface area (Å²) >= 11 is 0. The number of anilines is 1. The van der Waals surface area contributed by atoms with Crippen LogP contribution in [0.1, 0.15) is 11.1 Å². The van der Waals surface area contributed by atoms with Crippen LogP contribution in [0.5, 0.6) is 0 Å². The number of hydrogen-bond donors (Lipinski definition) is 1. The lowest BCUT2D eigenvalue weighted by Gasteiger charge is -2.18. The van der Waals surface area contributed by atoms with Gasteiger partial charge in [-0.25, -0.2) is 21.1 Å². The van der Waals surface area contributed by atoms with Crippen molar-refractivity contribution in [2.24, 2.45) is 0 Å². The number of nitrogens with one attached hydrogen (secondary N) is 1. The zero-order chi connectivity index (χ0) is 22.0. The maximum Gasteiger partial charge on any atom is 0.243 e. The van der Waals surface area contributed by atoms with Crippen LogP contribution in [0, 0.1) is 13.8 Å². The molecular weight excluding hydrogens is 414 g/mol. The van der Waals surface area contributed by atoms with Crippen molar-refractivity contribution in [3.8, 4) is 0 Å². The first-order valence-electron chi connectivity index (χ1n) is 8.72. The molecule has 29 heavy (non-hydrogen) atoms. The fourth-order valence-electron chi connectivity index (χ4n) is 2.47. The third kappa shape index (κ3) is 5.21. The number of aryl methyl sites for hydroxylation is 2. The lowest BCUT2D eigenvalue weighted by atomic mass is 10.2. The smallest absolute Gasteiger partial charge is 0.243 e. The molecule has 0 aliphatic rings. The van der Waals surface area contributed by atoms with Crippen LogP contribution in [-0.4, -0.2) is 59.0 Å². The van der Waals surface area contributed by atoms with Crippen LogP contribution in [-0.2, 0) is 24.8 Å². The van der Waals surface area contributed by atoms with Crippen molar-refractivity contribution in [3.63, 3.8) is 0 Å². The fraction of sp³-hybridized carbons (Fsp3) is 0.316. The average Bonchev–Trinajstić information content (AvgIpc) is 2.63. The van der Waals surface area contributed by atoms with Crippen molar-refractivity contribution in [1.82, 2.24) is 8.61 Å². The first-order valence-corrected chi connectivity index (χ1v) is 11.6. The number of carbonyl (C=O) groups excluding carboxylic acids is 1. The minimum atomic E-state index is -3.83. The van der Waals surface area contributed by atoms with Gasteiger partial charge in [-0.1, -0.05) is 23.8 Å². The second-order valence-electron chi connectivity index (χ2n) is 6.89. The van der Waals surface area contributed by atoms with E-state index in [0.29, 0.717) is 11.3 Å². The van der Waals surface area contributed by atoms with E-state index < -0.39 is 32.5 Å². The third-order valence-corrected chi connectivity index (χ3v) is 7.99. The quantitative estimate of drug-likeness (QED) is 0.709. The van der Waals surface area contributed by atoms with Crippen molar-refractivity contribution in [2.75, 3.05) is 33.0 Å². The molecule has 0 saturated heterocycles. The third-order valence-electron chi connectivity index (χ3n) is 4.36. The Hall–Kier alpha value is -2.27. The highest BCUT2D eigenvalue weighted by molar-refractivity contribution is 7.89. The lowest BCUT2D eigenvalue weighted by molar-refractivity contribution is -0.116. The Bertz CT molecular complexity index is 1110. The first-order chi connectivity index (χ1) is 13.4. The van der Waals surface area contributed by atoms with Gasteiger partial charge in [0.2, 0.25) is 26.0 Å². The summed E-state index contributed by atoms with van der Waals surface area (Å²) < 4.78 is 51.9. The molecule has 0 saturated carbocycles. The van der Waals surface area contributed by atoms with Gasteiger partial charge in [-0.2, -0.15) is 4.31 Å². The molecule has 158 valence electrons. The summed E-state index contributed by atoms with van der Waals surface area (Å²) in [5.41, 5.74) is 1.88. The minimum absolute atomic E-state index is 0.0315. The maximum absolute atomic E-state index is 12.6. The maximum atomic E-state index is 12.6. The van der Waals surface area contributed by atoms with E-state index in [-0.39, 0.29) is 9.79 Å². The molecule has 8 nitrogen and oxygen atoms in total. The Morgan fingerprint density at radius 1 is 0.862 bits per heavy atom. The Labute approximate surface area is 172 Å². The van der Waals surface area contributed by atoms with Crippen LogP contribution in [0.4, 0.5) is 5.69 Å². The molecule has 2 rings (SSSR count). The van der Waals surface area contributed by atoms with Gasteiger partial charge in [0, 0.05) is 26.8 Å². The van der Waals surface area contributed by atoms with Crippen LogP contribution in [0.3, 0.4) is 0 Å². The summed E-state index contributed by atoms with van der Waals surface area (Å²) in [7, 11) is -3.34. The Morgan fingerprint density at radius 2 is 1.41 bits per heavy atom. The average molecular weight is 440 g/mol. The van der Waals surface area contributed by atoms with Crippen molar-refractivity contribution in [1.29, 1.82) is 0 Å². The summed E-state index contributed by atoms with van der Waals surface area (Å²) in [4.78, 5) is 12.5. The number of sulfonamides is 2. The van der Waals surface area contributed by atoms with Gasteiger partial charge in [0.1, 0.15) is 0 Å². The van der Waals surface area contributed by atoms with E-state index in [4.69, 9.17) is 0 Å². The highest BCUT2D eigenvalue weighted by Crippen LogP contribution is 2.22. The zero-order valence-corrected chi connectivity index (χ0v) is 18.6. The highest BCUT2D eigenvalue weighted by atomic mass is 32.2. The van der Waals surface area contributed by atoms with E-state index in [1.54, 1.807) is 25.1 Å². The molecule has 0 radical (unpaired) electrons. The number of amides is 1. The molecule has 0 bridgehead atoms. The predicted molar refractivity (Wildman–Crippen MR) is 112 cm³/mol. The van der Waals surface area contributed by atoms with Crippen LogP contribution < -0.4 is 5.32 Å². The molecule has 2 aromatic carbocycles. The van der Waals surface area contributed by atoms with Crippen LogP contribution in [0.25, 0.3) is 0 Å². The highest BCUT2D eigenvalue weighted by Gasteiger charge is 2.24. The molecule has 0 atom stereocenters.